The first kappa shape index (κ1) is 48.1. The minimum absolute atomic E-state index is 0.156. The van der Waals surface area contributed by atoms with Crippen molar-refractivity contribution in [3.05, 3.63) is 0 Å². The Morgan fingerprint density at radius 1 is 0.333 bits per heavy atom. The zero-order valence-electron chi connectivity index (χ0n) is 32.3. The van der Waals surface area contributed by atoms with Gasteiger partial charge in [0.05, 0.1) is 55.5 Å². The van der Waals surface area contributed by atoms with E-state index in [1.807, 2.05) is 42.3 Å². The Balaban J connectivity index is 3.27. The number of hydrogen-bond acceptors (Lipinski definition) is 8. The van der Waals surface area contributed by atoms with Crippen LogP contribution >= 0.6 is 15.6 Å². The number of hydrogen-bond donors (Lipinski definition) is 0. The van der Waals surface area contributed by atoms with Crippen molar-refractivity contribution in [1.29, 1.82) is 0 Å². The van der Waals surface area contributed by atoms with Crippen molar-refractivity contribution >= 4 is 15.6 Å². The highest BCUT2D eigenvalue weighted by Crippen LogP contribution is 2.39. The van der Waals surface area contributed by atoms with Gasteiger partial charge in [-0.3, -0.25) is 9.13 Å². The molecule has 0 saturated carbocycles. The van der Waals surface area contributed by atoms with E-state index in [2.05, 4.69) is 0 Å². The Hall–Kier alpha value is 0.140. The second kappa shape index (κ2) is 29.7. The molecule has 290 valence electrons. The van der Waals surface area contributed by atoms with Crippen LogP contribution in [0.4, 0.5) is 0 Å². The van der Waals surface area contributed by atoms with Gasteiger partial charge in [-0.1, -0.05) is 141 Å². The summed E-state index contributed by atoms with van der Waals surface area (Å²) in [7, 11) is 3.64. The van der Waals surface area contributed by atoms with Gasteiger partial charge in [-0.05, 0) is 12.8 Å². The van der Waals surface area contributed by atoms with Crippen LogP contribution in [0.25, 0.3) is 0 Å². The van der Waals surface area contributed by atoms with Crippen molar-refractivity contribution in [2.24, 2.45) is 0 Å². The fourth-order valence-corrected chi connectivity index (χ4v) is 6.84. The van der Waals surface area contributed by atoms with Crippen molar-refractivity contribution in [1.82, 2.24) is 0 Å². The molecule has 0 rings (SSSR count). The molecule has 0 spiro atoms. The van der Waals surface area contributed by atoms with Crippen LogP contribution in [0.1, 0.15) is 154 Å². The van der Waals surface area contributed by atoms with Crippen LogP contribution < -0.4 is 9.79 Å². The lowest BCUT2D eigenvalue weighted by Gasteiger charge is -2.27. The van der Waals surface area contributed by atoms with E-state index in [4.69, 9.17) is 18.1 Å². The van der Waals surface area contributed by atoms with Crippen LogP contribution in [0.3, 0.4) is 0 Å². The van der Waals surface area contributed by atoms with Gasteiger partial charge in [0.25, 0.3) is 15.6 Å². The Labute approximate surface area is 297 Å². The van der Waals surface area contributed by atoms with E-state index in [0.29, 0.717) is 22.1 Å². The maximum absolute atomic E-state index is 11.8. The lowest BCUT2D eigenvalue weighted by molar-refractivity contribution is -0.870. The molecule has 12 heteroatoms. The summed E-state index contributed by atoms with van der Waals surface area (Å²) in [6, 6.07) is 0. The van der Waals surface area contributed by atoms with Crippen LogP contribution in [0.2, 0.25) is 0 Å². The smallest absolute Gasteiger partial charge is 0.268 e. The number of unbranched alkanes of at least 4 members (excludes halogenated alkanes) is 23. The predicted molar refractivity (Wildman–Crippen MR) is 196 cm³/mol. The fraction of sp³-hybridized carbons (Fsp3) is 1.00. The SMILES string of the molecule is C[N+](C)(C)CCOP(=O)([O-])OCCCCCCCCCCCCCCCCCCCCCCCCCCOP(=O)([O-])OCC[N+](C)(C)C. The number of rotatable bonds is 37. The number of phosphoric acid groups is 2. The van der Waals surface area contributed by atoms with Gasteiger partial charge in [0.15, 0.2) is 0 Å². The summed E-state index contributed by atoms with van der Waals surface area (Å²) in [5.41, 5.74) is 0. The summed E-state index contributed by atoms with van der Waals surface area (Å²) in [6.07, 6.45) is 29.8. The van der Waals surface area contributed by atoms with Crippen molar-refractivity contribution in [3.63, 3.8) is 0 Å². The Morgan fingerprint density at radius 3 is 0.688 bits per heavy atom. The number of quaternary nitrogens is 2. The third-order valence-corrected chi connectivity index (χ3v) is 10.6. The number of nitrogens with zero attached hydrogens (tertiary/aromatic N) is 2. The molecular weight excluding hydrogens is 650 g/mol. The van der Waals surface area contributed by atoms with Gasteiger partial charge < -0.3 is 36.8 Å². The molecule has 10 nitrogen and oxygen atoms in total. The van der Waals surface area contributed by atoms with Gasteiger partial charge in [-0.25, -0.2) is 0 Å². The topological polar surface area (TPSA) is 117 Å². The molecule has 0 saturated heterocycles. The predicted octanol–water partition coefficient (Wildman–Crippen LogP) is 8.76. The highest BCUT2D eigenvalue weighted by atomic mass is 31.2. The molecule has 0 fully saturated rings. The first-order valence-electron chi connectivity index (χ1n) is 19.4. The normalized spacial score (nSPS) is 15.1. The molecule has 0 aromatic heterocycles. The van der Waals surface area contributed by atoms with Crippen molar-refractivity contribution in [3.8, 4) is 0 Å². The van der Waals surface area contributed by atoms with Gasteiger partial charge >= 0.3 is 0 Å². The molecule has 0 aliphatic carbocycles. The van der Waals surface area contributed by atoms with Crippen molar-refractivity contribution in [2.45, 2.75) is 154 Å². The second-order valence-corrected chi connectivity index (χ2v) is 18.6. The standard InChI is InChI=1S/C36H78N2O8P2/c1-37(2,3)31-35-45-47(39,40)43-33-29-27-25-23-21-19-17-15-13-11-9-7-8-10-12-14-16-18-20-22-24-26-28-30-34-44-48(41,42)46-36-32-38(4,5)6/h7-36H2,1-6H3. The fourth-order valence-electron chi connectivity index (χ4n) is 5.37. The van der Waals surface area contributed by atoms with Gasteiger partial charge in [-0.15, -0.1) is 0 Å². The Bertz CT molecular complexity index is 755. The first-order valence-corrected chi connectivity index (χ1v) is 22.4. The quantitative estimate of drug-likeness (QED) is 0.0354. The highest BCUT2D eigenvalue weighted by Gasteiger charge is 2.14. The summed E-state index contributed by atoms with van der Waals surface area (Å²) in [4.78, 5) is 23.5. The molecule has 2 unspecified atom stereocenters. The summed E-state index contributed by atoms with van der Waals surface area (Å²) < 4.78 is 44.6. The monoisotopic (exact) mass is 729 g/mol. The summed E-state index contributed by atoms with van der Waals surface area (Å²) in [5, 5.41) is 0. The molecule has 0 aliphatic heterocycles. The van der Waals surface area contributed by atoms with Crippen molar-refractivity contribution in [2.75, 3.05) is 81.8 Å². The van der Waals surface area contributed by atoms with E-state index in [-0.39, 0.29) is 26.4 Å². The summed E-state index contributed by atoms with van der Waals surface area (Å²) in [5.74, 6) is 0. The number of phosphoric ester groups is 2. The van der Waals surface area contributed by atoms with Gasteiger partial charge in [0.2, 0.25) is 0 Å². The average molecular weight is 729 g/mol. The summed E-state index contributed by atoms with van der Waals surface area (Å²) in [6.45, 7) is 2.00. The van der Waals surface area contributed by atoms with E-state index >= 15 is 0 Å². The van der Waals surface area contributed by atoms with E-state index in [0.717, 1.165) is 38.5 Å². The molecule has 48 heavy (non-hydrogen) atoms. The zero-order chi connectivity index (χ0) is 36.0. The maximum Gasteiger partial charge on any atom is 0.268 e. The maximum atomic E-state index is 11.8. The number of likely N-dealkylation sites (N-methyl/N-ethyl adjacent to an activating group) is 2. The minimum atomic E-state index is -4.16. The molecule has 2 atom stereocenters. The first-order chi connectivity index (χ1) is 22.6. The molecule has 0 radical (unpaired) electrons. The Morgan fingerprint density at radius 2 is 0.500 bits per heavy atom. The molecule has 0 aliphatic rings. The molecule has 0 N–H and O–H groups in total. The van der Waals surface area contributed by atoms with E-state index in [1.54, 1.807) is 0 Å². The van der Waals surface area contributed by atoms with Gasteiger partial charge in [0.1, 0.15) is 26.3 Å². The van der Waals surface area contributed by atoms with Crippen LogP contribution in [0, 0.1) is 0 Å². The van der Waals surface area contributed by atoms with Crippen LogP contribution in [-0.4, -0.2) is 90.8 Å². The van der Waals surface area contributed by atoms with E-state index in [1.165, 1.54) is 116 Å². The van der Waals surface area contributed by atoms with Gasteiger partial charge in [0, 0.05) is 0 Å². The molecule has 0 heterocycles. The highest BCUT2D eigenvalue weighted by molar-refractivity contribution is 7.46. The second-order valence-electron chi connectivity index (χ2n) is 15.7. The van der Waals surface area contributed by atoms with Gasteiger partial charge in [-0.2, -0.15) is 0 Å². The third-order valence-electron chi connectivity index (χ3n) is 8.56. The minimum Gasteiger partial charge on any atom is -0.756 e. The van der Waals surface area contributed by atoms with Crippen LogP contribution in [0.15, 0.2) is 0 Å². The molecule has 0 amide bonds. The molecule has 0 aromatic carbocycles. The largest absolute Gasteiger partial charge is 0.756 e. The van der Waals surface area contributed by atoms with E-state index in [9.17, 15) is 18.9 Å². The molecular formula is C36H78N2O8P2. The lowest BCUT2D eigenvalue weighted by atomic mass is 10.0. The van der Waals surface area contributed by atoms with Crippen LogP contribution in [0.5, 0.6) is 0 Å². The lowest BCUT2D eigenvalue weighted by Crippen LogP contribution is -2.37. The molecule has 0 bridgehead atoms. The zero-order valence-corrected chi connectivity index (χ0v) is 34.1. The van der Waals surface area contributed by atoms with E-state index < -0.39 is 15.6 Å². The third kappa shape index (κ3) is 38.9. The van der Waals surface area contributed by atoms with Crippen molar-refractivity contribution < 1.29 is 46.0 Å². The molecule has 0 aromatic rings. The van der Waals surface area contributed by atoms with Crippen LogP contribution in [-0.2, 0) is 27.2 Å². The average Bonchev–Trinajstić information content (AvgIpc) is 2.97. The summed E-state index contributed by atoms with van der Waals surface area (Å²) >= 11 is 0. The Kier molecular flexibility index (Phi) is 29.8.